The Kier molecular flexibility index (Phi) is 8.63. The van der Waals surface area contributed by atoms with Crippen molar-refractivity contribution in [2.45, 2.75) is 31.8 Å². The van der Waals surface area contributed by atoms with Crippen molar-refractivity contribution in [3.8, 4) is 17.1 Å². The summed E-state index contributed by atoms with van der Waals surface area (Å²) in [5, 5.41) is 10.9. The molecule has 0 spiro atoms. The standard InChI is InChI=1S/C29H36ClN7O/c1-31-14-3-15-32-22-8-6-21(7-9-22)28-35-27-26(25(30)18-33-29(27)36-28)34-23-12-16-37(17-13-23)19-20-4-10-24(38-2)11-5-20/h4-11,18,23,31-32H,3,12-17,19H2,1-2H3,(H2,33,34,35,36). The van der Waals surface area contributed by atoms with E-state index in [2.05, 4.69) is 67.2 Å². The molecule has 9 heteroatoms. The van der Waals surface area contributed by atoms with Crippen LogP contribution >= 0.6 is 11.6 Å². The number of aromatic amines is 1. The van der Waals surface area contributed by atoms with Crippen molar-refractivity contribution in [1.29, 1.82) is 0 Å². The van der Waals surface area contributed by atoms with Gasteiger partial charge in [0.1, 0.15) is 17.1 Å². The zero-order chi connectivity index (χ0) is 26.3. The van der Waals surface area contributed by atoms with E-state index in [0.29, 0.717) is 11.1 Å². The second-order valence-corrected chi connectivity index (χ2v) is 10.2. The Morgan fingerprint density at radius 2 is 1.82 bits per heavy atom. The Hall–Kier alpha value is -3.33. The van der Waals surface area contributed by atoms with Gasteiger partial charge in [0.25, 0.3) is 0 Å². The van der Waals surface area contributed by atoms with Gasteiger partial charge >= 0.3 is 0 Å². The smallest absolute Gasteiger partial charge is 0.159 e. The molecule has 2 aromatic carbocycles. The average molecular weight is 534 g/mol. The number of ether oxygens (including phenoxy) is 1. The normalized spacial score (nSPS) is 14.6. The third-order valence-corrected chi connectivity index (χ3v) is 7.35. The highest BCUT2D eigenvalue weighted by Gasteiger charge is 2.22. The lowest BCUT2D eigenvalue weighted by Crippen LogP contribution is -2.38. The summed E-state index contributed by atoms with van der Waals surface area (Å²) < 4.78 is 5.27. The molecule has 0 unspecified atom stereocenters. The maximum atomic E-state index is 6.62. The second-order valence-electron chi connectivity index (χ2n) is 9.77. The molecule has 0 atom stereocenters. The number of hydrogen-bond donors (Lipinski definition) is 4. The first-order valence-corrected chi connectivity index (χ1v) is 13.7. The zero-order valence-electron chi connectivity index (χ0n) is 22.1. The Balaban J connectivity index is 1.22. The third kappa shape index (κ3) is 6.38. The van der Waals surface area contributed by atoms with Crippen LogP contribution in [0.25, 0.3) is 22.6 Å². The lowest BCUT2D eigenvalue weighted by molar-refractivity contribution is 0.211. The Bertz CT molecular complexity index is 1320. The molecule has 5 rings (SSSR count). The van der Waals surface area contributed by atoms with Gasteiger partial charge in [-0.3, -0.25) is 4.90 Å². The quantitative estimate of drug-likeness (QED) is 0.192. The Labute approximate surface area is 229 Å². The van der Waals surface area contributed by atoms with Gasteiger partial charge in [-0.15, -0.1) is 0 Å². The molecular formula is C29H36ClN7O. The summed E-state index contributed by atoms with van der Waals surface area (Å²) in [6.45, 7) is 4.93. The molecule has 1 aliphatic rings. The van der Waals surface area contributed by atoms with E-state index in [-0.39, 0.29) is 0 Å². The minimum atomic E-state index is 0.332. The van der Waals surface area contributed by atoms with E-state index in [4.69, 9.17) is 21.3 Å². The van der Waals surface area contributed by atoms with Crippen molar-refractivity contribution >= 4 is 34.1 Å². The van der Waals surface area contributed by atoms with Crippen LogP contribution in [0, 0.1) is 0 Å². The monoisotopic (exact) mass is 533 g/mol. The Morgan fingerprint density at radius 1 is 1.05 bits per heavy atom. The van der Waals surface area contributed by atoms with Gasteiger partial charge in [0.2, 0.25) is 0 Å². The minimum absolute atomic E-state index is 0.332. The van der Waals surface area contributed by atoms with Gasteiger partial charge in [0.05, 0.1) is 24.0 Å². The van der Waals surface area contributed by atoms with Gasteiger partial charge in [-0.05, 0) is 74.8 Å². The SMILES string of the molecule is CNCCCNc1ccc(-c2nc3c(NC4CCN(Cc5ccc(OC)cc5)CC4)c(Cl)cnc3[nH]2)cc1. The van der Waals surface area contributed by atoms with Gasteiger partial charge in [0, 0.05) is 43.5 Å². The van der Waals surface area contributed by atoms with Crippen molar-refractivity contribution in [2.24, 2.45) is 0 Å². The highest BCUT2D eigenvalue weighted by Crippen LogP contribution is 2.32. The Morgan fingerprint density at radius 3 is 2.53 bits per heavy atom. The van der Waals surface area contributed by atoms with Crippen molar-refractivity contribution in [3.05, 3.63) is 65.3 Å². The number of H-pyrrole nitrogens is 1. The molecule has 38 heavy (non-hydrogen) atoms. The van der Waals surface area contributed by atoms with Gasteiger partial charge < -0.3 is 25.7 Å². The molecule has 0 amide bonds. The number of piperidine rings is 1. The highest BCUT2D eigenvalue weighted by atomic mass is 35.5. The maximum Gasteiger partial charge on any atom is 0.159 e. The summed E-state index contributed by atoms with van der Waals surface area (Å²) in [7, 11) is 3.67. The summed E-state index contributed by atoms with van der Waals surface area (Å²) in [5.41, 5.74) is 5.79. The van der Waals surface area contributed by atoms with E-state index in [9.17, 15) is 0 Å². The van der Waals surface area contributed by atoms with Gasteiger partial charge in [-0.25, -0.2) is 9.97 Å². The highest BCUT2D eigenvalue weighted by molar-refractivity contribution is 6.34. The van der Waals surface area contributed by atoms with Crippen LogP contribution in [0.3, 0.4) is 0 Å². The number of likely N-dealkylation sites (tertiary alicyclic amines) is 1. The molecule has 4 N–H and O–H groups in total. The summed E-state index contributed by atoms with van der Waals surface area (Å²) in [6, 6.07) is 17.0. The second kappa shape index (κ2) is 12.5. The van der Waals surface area contributed by atoms with E-state index in [0.717, 1.165) is 91.7 Å². The van der Waals surface area contributed by atoms with E-state index >= 15 is 0 Å². The number of nitrogens with zero attached hydrogens (tertiary/aromatic N) is 3. The van der Waals surface area contributed by atoms with Crippen molar-refractivity contribution in [2.75, 3.05) is 51.0 Å². The van der Waals surface area contributed by atoms with Crippen LogP contribution in [0.2, 0.25) is 5.02 Å². The fourth-order valence-corrected chi connectivity index (χ4v) is 5.07. The first-order chi connectivity index (χ1) is 18.6. The third-order valence-electron chi connectivity index (χ3n) is 7.06. The maximum absolute atomic E-state index is 6.62. The zero-order valence-corrected chi connectivity index (χ0v) is 22.8. The van der Waals surface area contributed by atoms with Crippen LogP contribution in [0.5, 0.6) is 5.75 Å². The molecule has 3 heterocycles. The predicted molar refractivity (Wildman–Crippen MR) is 156 cm³/mol. The number of anilines is 2. The number of hydrogen-bond acceptors (Lipinski definition) is 7. The number of pyridine rings is 1. The van der Waals surface area contributed by atoms with E-state index < -0.39 is 0 Å². The largest absolute Gasteiger partial charge is 0.497 e. The molecule has 0 saturated carbocycles. The lowest BCUT2D eigenvalue weighted by Gasteiger charge is -2.33. The number of halogens is 1. The van der Waals surface area contributed by atoms with Crippen molar-refractivity contribution in [1.82, 2.24) is 25.2 Å². The molecule has 8 nitrogen and oxygen atoms in total. The van der Waals surface area contributed by atoms with Crippen LogP contribution in [0.15, 0.2) is 54.7 Å². The van der Waals surface area contributed by atoms with Crippen LogP contribution in [0.4, 0.5) is 11.4 Å². The van der Waals surface area contributed by atoms with Crippen LogP contribution < -0.4 is 20.7 Å². The number of nitrogens with one attached hydrogen (secondary N) is 4. The van der Waals surface area contributed by atoms with Crippen molar-refractivity contribution < 1.29 is 4.74 Å². The van der Waals surface area contributed by atoms with E-state index in [1.807, 2.05) is 19.2 Å². The fourth-order valence-electron chi connectivity index (χ4n) is 4.88. The minimum Gasteiger partial charge on any atom is -0.497 e. The molecule has 2 aromatic heterocycles. The number of benzene rings is 2. The lowest BCUT2D eigenvalue weighted by atomic mass is 10.0. The number of imidazole rings is 1. The molecule has 1 saturated heterocycles. The molecule has 4 aromatic rings. The number of aromatic nitrogens is 3. The average Bonchev–Trinajstić information content (AvgIpc) is 3.39. The van der Waals surface area contributed by atoms with Crippen molar-refractivity contribution in [3.63, 3.8) is 0 Å². The first-order valence-electron chi connectivity index (χ1n) is 13.3. The van der Waals surface area contributed by atoms with E-state index in [1.54, 1.807) is 13.3 Å². The first kappa shape index (κ1) is 26.3. The number of fused-ring (bicyclic) bond motifs is 1. The van der Waals surface area contributed by atoms with Crippen LogP contribution in [-0.2, 0) is 6.54 Å². The van der Waals surface area contributed by atoms with E-state index in [1.165, 1.54) is 5.56 Å². The van der Waals surface area contributed by atoms with Crippen LogP contribution in [-0.4, -0.2) is 66.2 Å². The summed E-state index contributed by atoms with van der Waals surface area (Å²) >= 11 is 6.62. The fraction of sp³-hybridized carbons (Fsp3) is 0.379. The molecule has 0 bridgehead atoms. The number of methoxy groups -OCH3 is 1. The topological polar surface area (TPSA) is 90.1 Å². The molecule has 0 aliphatic carbocycles. The van der Waals surface area contributed by atoms with Gasteiger partial charge in [0.15, 0.2) is 5.65 Å². The molecule has 200 valence electrons. The number of rotatable bonds is 11. The van der Waals surface area contributed by atoms with Gasteiger partial charge in [-0.1, -0.05) is 23.7 Å². The molecule has 0 radical (unpaired) electrons. The molecule has 1 aliphatic heterocycles. The van der Waals surface area contributed by atoms with Crippen LogP contribution in [0.1, 0.15) is 24.8 Å². The summed E-state index contributed by atoms with van der Waals surface area (Å²) in [4.78, 5) is 15.3. The predicted octanol–water partition coefficient (Wildman–Crippen LogP) is 5.38. The molecule has 1 fully saturated rings. The summed E-state index contributed by atoms with van der Waals surface area (Å²) in [5.74, 6) is 1.68. The van der Waals surface area contributed by atoms with Gasteiger partial charge in [-0.2, -0.15) is 0 Å². The summed E-state index contributed by atoms with van der Waals surface area (Å²) in [6.07, 6.45) is 4.85. The molecular weight excluding hydrogens is 498 g/mol.